The number of aryl methyl sites for hydroxylation is 1. The number of ether oxygens (including phenoxy) is 1. The number of amides is 2. The van der Waals surface area contributed by atoms with Crippen LogP contribution < -0.4 is 4.90 Å². The number of rotatable bonds is 1. The molecule has 0 fully saturated rings. The first-order valence-electron chi connectivity index (χ1n) is 5.53. The number of nitrogens with zero attached hydrogens (tertiary/aromatic N) is 1. The Bertz CT molecular complexity index is 513. The molecule has 0 atom stereocenters. The van der Waals surface area contributed by atoms with E-state index >= 15 is 0 Å². The van der Waals surface area contributed by atoms with Crippen molar-refractivity contribution in [1.82, 2.24) is 0 Å². The molecule has 1 heterocycles. The van der Waals surface area contributed by atoms with Crippen LogP contribution in [0.1, 0.15) is 12.0 Å². The number of carbonyl (C=O) groups excluding carboxylic acids is 2. The predicted octanol–water partition coefficient (Wildman–Crippen LogP) is 3.47. The van der Waals surface area contributed by atoms with Crippen LogP contribution in [0.3, 0.4) is 0 Å². The highest BCUT2D eigenvalue weighted by molar-refractivity contribution is 6.67. The minimum atomic E-state index is -1.70. The van der Waals surface area contributed by atoms with Crippen molar-refractivity contribution in [3.63, 3.8) is 0 Å². The highest BCUT2D eigenvalue weighted by Gasteiger charge is 2.32. The molecule has 4 nitrogen and oxygen atoms in total. The molecule has 7 heteroatoms. The van der Waals surface area contributed by atoms with E-state index in [1.807, 2.05) is 12.1 Å². The van der Waals surface area contributed by atoms with Gasteiger partial charge in [0.15, 0.2) is 0 Å². The molecular formula is C12H10Cl3NO3. The quantitative estimate of drug-likeness (QED) is 0.744. The zero-order chi connectivity index (χ0) is 14.0. The molecule has 2 amide bonds. The van der Waals surface area contributed by atoms with Gasteiger partial charge in [-0.15, -0.1) is 0 Å². The van der Waals surface area contributed by atoms with E-state index in [1.165, 1.54) is 0 Å². The fourth-order valence-electron chi connectivity index (χ4n) is 1.84. The van der Waals surface area contributed by atoms with E-state index in [2.05, 4.69) is 0 Å². The lowest BCUT2D eigenvalue weighted by atomic mass is 10.0. The summed E-state index contributed by atoms with van der Waals surface area (Å²) < 4.78 is 3.14. The van der Waals surface area contributed by atoms with E-state index in [1.54, 1.807) is 12.1 Å². The van der Waals surface area contributed by atoms with E-state index in [0.717, 1.165) is 10.5 Å². The van der Waals surface area contributed by atoms with Crippen molar-refractivity contribution in [2.45, 2.75) is 16.6 Å². The molecule has 19 heavy (non-hydrogen) atoms. The van der Waals surface area contributed by atoms with Gasteiger partial charge in [0.1, 0.15) is 6.61 Å². The Morgan fingerprint density at radius 1 is 1.26 bits per heavy atom. The molecule has 2 rings (SSSR count). The summed E-state index contributed by atoms with van der Waals surface area (Å²) in [5.74, 6) is -0.326. The van der Waals surface area contributed by atoms with Gasteiger partial charge in [-0.25, -0.2) is 9.69 Å². The zero-order valence-electron chi connectivity index (χ0n) is 9.74. The smallest absolute Gasteiger partial charge is 0.421 e. The van der Waals surface area contributed by atoms with Crippen LogP contribution in [0.2, 0.25) is 0 Å². The molecular weight excluding hydrogens is 312 g/mol. The summed E-state index contributed by atoms with van der Waals surface area (Å²) in [7, 11) is 0. The first-order valence-corrected chi connectivity index (χ1v) is 6.66. The first-order chi connectivity index (χ1) is 8.88. The maximum absolute atomic E-state index is 11.9. The van der Waals surface area contributed by atoms with Crippen molar-refractivity contribution in [2.75, 3.05) is 11.5 Å². The fourth-order valence-corrected chi connectivity index (χ4v) is 2.00. The van der Waals surface area contributed by atoms with Crippen LogP contribution in [0.25, 0.3) is 0 Å². The second kappa shape index (κ2) is 5.57. The summed E-state index contributed by atoms with van der Waals surface area (Å²) in [4.78, 5) is 24.8. The number of halogens is 3. The number of benzene rings is 1. The van der Waals surface area contributed by atoms with Crippen molar-refractivity contribution in [1.29, 1.82) is 0 Å². The Morgan fingerprint density at radius 3 is 2.63 bits per heavy atom. The summed E-state index contributed by atoms with van der Waals surface area (Å²) in [5, 5.41) is 0. The van der Waals surface area contributed by atoms with E-state index in [0.29, 0.717) is 12.1 Å². The lowest BCUT2D eigenvalue weighted by Gasteiger charge is -2.27. The van der Waals surface area contributed by atoms with Gasteiger partial charge in [0.2, 0.25) is 9.70 Å². The van der Waals surface area contributed by atoms with Crippen molar-refractivity contribution in [3.05, 3.63) is 29.8 Å². The highest BCUT2D eigenvalue weighted by atomic mass is 35.6. The molecule has 0 aliphatic carbocycles. The van der Waals surface area contributed by atoms with E-state index < -0.39 is 16.5 Å². The Morgan fingerprint density at radius 2 is 1.95 bits per heavy atom. The first kappa shape index (κ1) is 14.4. The standard InChI is InChI=1S/C12H10Cl3NO3/c13-12(14,15)7-19-11(18)16-9-4-2-1-3-8(9)5-6-10(16)17/h1-4H,5-7H2. The summed E-state index contributed by atoms with van der Waals surface area (Å²) in [6.45, 7) is -0.414. The van der Waals surface area contributed by atoms with Gasteiger partial charge >= 0.3 is 6.09 Å². The van der Waals surface area contributed by atoms with Gasteiger partial charge < -0.3 is 4.74 Å². The van der Waals surface area contributed by atoms with Gasteiger partial charge in [-0.05, 0) is 18.1 Å². The number of imide groups is 1. The molecule has 0 radical (unpaired) electrons. The zero-order valence-corrected chi connectivity index (χ0v) is 12.0. The van der Waals surface area contributed by atoms with E-state index in [4.69, 9.17) is 39.5 Å². The van der Waals surface area contributed by atoms with Gasteiger partial charge in [0.05, 0.1) is 5.69 Å². The van der Waals surface area contributed by atoms with E-state index in [-0.39, 0.29) is 12.3 Å². The molecule has 1 aromatic carbocycles. The molecule has 0 unspecified atom stereocenters. The number of hydrogen-bond acceptors (Lipinski definition) is 3. The van der Waals surface area contributed by atoms with E-state index in [9.17, 15) is 9.59 Å². The van der Waals surface area contributed by atoms with Crippen LogP contribution in [0.15, 0.2) is 24.3 Å². The third-order valence-corrected chi connectivity index (χ3v) is 2.96. The van der Waals surface area contributed by atoms with Crippen LogP contribution in [-0.2, 0) is 16.0 Å². The lowest BCUT2D eigenvalue weighted by molar-refractivity contribution is -0.118. The van der Waals surface area contributed by atoms with Crippen molar-refractivity contribution in [3.8, 4) is 0 Å². The van der Waals surface area contributed by atoms with Crippen LogP contribution >= 0.6 is 34.8 Å². The highest BCUT2D eigenvalue weighted by Crippen LogP contribution is 2.30. The SMILES string of the molecule is O=C1CCc2ccccc2N1C(=O)OCC(Cl)(Cl)Cl. The largest absolute Gasteiger partial charge is 0.444 e. The lowest BCUT2D eigenvalue weighted by Crippen LogP contribution is -2.41. The topological polar surface area (TPSA) is 46.6 Å². The van der Waals surface area contributed by atoms with Crippen molar-refractivity contribution < 1.29 is 14.3 Å². The molecule has 0 bridgehead atoms. The number of anilines is 1. The number of hydrogen-bond donors (Lipinski definition) is 0. The van der Waals surface area contributed by atoms with Gasteiger partial charge in [-0.1, -0.05) is 53.0 Å². The van der Waals surface area contributed by atoms with Gasteiger partial charge in [-0.3, -0.25) is 4.79 Å². The van der Waals surface area contributed by atoms with Crippen molar-refractivity contribution in [2.24, 2.45) is 0 Å². The van der Waals surface area contributed by atoms with Crippen LogP contribution in [-0.4, -0.2) is 22.4 Å². The second-order valence-corrected chi connectivity index (χ2v) is 6.54. The number of alkyl halides is 3. The summed E-state index contributed by atoms with van der Waals surface area (Å²) in [5.41, 5.74) is 1.43. The number of para-hydroxylation sites is 1. The average Bonchev–Trinajstić information content (AvgIpc) is 2.35. The molecule has 102 valence electrons. The molecule has 0 spiro atoms. The van der Waals surface area contributed by atoms with Crippen molar-refractivity contribution >= 4 is 52.5 Å². The number of carbonyl (C=O) groups is 2. The molecule has 1 aliphatic heterocycles. The van der Waals surface area contributed by atoms with Gasteiger partial charge in [-0.2, -0.15) is 0 Å². The third-order valence-electron chi connectivity index (χ3n) is 2.63. The summed E-state index contributed by atoms with van der Waals surface area (Å²) >= 11 is 16.5. The van der Waals surface area contributed by atoms with Crippen LogP contribution in [0, 0.1) is 0 Å². The Labute approximate surface area is 125 Å². The van der Waals surface area contributed by atoms with Crippen LogP contribution in [0.4, 0.5) is 10.5 Å². The number of fused-ring (bicyclic) bond motifs is 1. The van der Waals surface area contributed by atoms with Gasteiger partial charge in [0.25, 0.3) is 0 Å². The Hall–Kier alpha value is -0.970. The maximum Gasteiger partial charge on any atom is 0.421 e. The second-order valence-electron chi connectivity index (χ2n) is 4.03. The minimum absolute atomic E-state index is 0.250. The monoisotopic (exact) mass is 321 g/mol. The maximum atomic E-state index is 11.9. The average molecular weight is 323 g/mol. The Kier molecular flexibility index (Phi) is 4.23. The molecule has 1 aliphatic rings. The predicted molar refractivity (Wildman–Crippen MR) is 73.9 cm³/mol. The van der Waals surface area contributed by atoms with Gasteiger partial charge in [0, 0.05) is 6.42 Å². The normalized spacial score (nSPS) is 15.1. The summed E-state index contributed by atoms with van der Waals surface area (Å²) in [6.07, 6.45) is 0.0202. The molecule has 1 aromatic rings. The molecule has 0 N–H and O–H groups in total. The van der Waals surface area contributed by atoms with Crippen LogP contribution in [0.5, 0.6) is 0 Å². The third kappa shape index (κ3) is 3.53. The molecule has 0 saturated heterocycles. The Balaban J connectivity index is 2.19. The fraction of sp³-hybridized carbons (Fsp3) is 0.333. The molecule has 0 saturated carbocycles. The summed E-state index contributed by atoms with van der Waals surface area (Å²) in [6, 6.07) is 7.13. The minimum Gasteiger partial charge on any atom is -0.444 e. The molecule has 0 aromatic heterocycles.